The molecule has 0 saturated carbocycles. The molecular weight excluding hydrogens is 352 g/mol. The van der Waals surface area contributed by atoms with E-state index in [-0.39, 0.29) is 0 Å². The molecule has 3 atom stereocenters. The van der Waals surface area contributed by atoms with Crippen molar-refractivity contribution >= 4 is 5.97 Å². The summed E-state index contributed by atoms with van der Waals surface area (Å²) in [6.45, 7) is 1.29. The van der Waals surface area contributed by atoms with Crippen molar-refractivity contribution in [3.8, 4) is 23.0 Å². The van der Waals surface area contributed by atoms with Crippen LogP contribution in [0.15, 0.2) is 36.4 Å². The van der Waals surface area contributed by atoms with Crippen LogP contribution in [0, 0.1) is 0 Å². The Morgan fingerprint density at radius 2 is 1.74 bits per heavy atom. The Morgan fingerprint density at radius 1 is 1.00 bits per heavy atom. The van der Waals surface area contributed by atoms with Gasteiger partial charge in [-0.05, 0) is 24.3 Å². The zero-order valence-electron chi connectivity index (χ0n) is 15.6. The lowest BCUT2D eigenvalue weighted by atomic mass is 9.91. The van der Waals surface area contributed by atoms with Crippen molar-refractivity contribution < 1.29 is 33.6 Å². The molecule has 0 aliphatic carbocycles. The summed E-state index contributed by atoms with van der Waals surface area (Å²) in [5.74, 6) is 1.61. The number of rotatable bonds is 5. The maximum atomic E-state index is 11.6. The molecule has 1 heterocycles. The number of hydrogen-bond donors (Lipinski definition) is 1. The van der Waals surface area contributed by atoms with Gasteiger partial charge in [-0.3, -0.25) is 4.79 Å². The second-order valence-electron chi connectivity index (χ2n) is 6.08. The molecule has 2 aromatic rings. The molecule has 0 amide bonds. The highest BCUT2D eigenvalue weighted by atomic mass is 16.6. The van der Waals surface area contributed by atoms with E-state index in [0.717, 1.165) is 0 Å². The van der Waals surface area contributed by atoms with Gasteiger partial charge >= 0.3 is 5.97 Å². The first kappa shape index (κ1) is 18.8. The molecule has 144 valence electrons. The second-order valence-corrected chi connectivity index (χ2v) is 6.08. The normalized spacial score (nSPS) is 20.9. The fourth-order valence-electron chi connectivity index (χ4n) is 3.14. The predicted octanol–water partition coefficient (Wildman–Crippen LogP) is 2.81. The summed E-state index contributed by atoms with van der Waals surface area (Å²) in [5, 5.41) is 10.8. The van der Waals surface area contributed by atoms with Crippen LogP contribution in [-0.4, -0.2) is 38.5 Å². The van der Waals surface area contributed by atoms with Crippen LogP contribution in [0.2, 0.25) is 0 Å². The van der Waals surface area contributed by atoms with Crippen LogP contribution in [0.3, 0.4) is 0 Å². The largest absolute Gasteiger partial charge is 0.497 e. The number of esters is 1. The molecule has 1 aliphatic rings. The molecule has 0 saturated heterocycles. The van der Waals surface area contributed by atoms with Crippen molar-refractivity contribution in [2.24, 2.45) is 0 Å². The lowest BCUT2D eigenvalue weighted by Gasteiger charge is -2.37. The maximum absolute atomic E-state index is 11.6. The highest BCUT2D eigenvalue weighted by molar-refractivity contribution is 5.66. The third-order valence-corrected chi connectivity index (χ3v) is 4.44. The van der Waals surface area contributed by atoms with E-state index in [4.69, 9.17) is 23.7 Å². The number of fused-ring (bicyclic) bond motifs is 1. The third kappa shape index (κ3) is 3.64. The molecule has 0 aromatic heterocycles. The maximum Gasteiger partial charge on any atom is 0.303 e. The topological polar surface area (TPSA) is 83.5 Å². The number of aliphatic hydroxyl groups excluding tert-OH is 1. The van der Waals surface area contributed by atoms with E-state index < -0.39 is 24.3 Å². The van der Waals surface area contributed by atoms with Gasteiger partial charge in [0.1, 0.15) is 17.6 Å². The molecule has 3 rings (SSSR count). The minimum Gasteiger partial charge on any atom is -0.497 e. The zero-order chi connectivity index (χ0) is 19.6. The fraction of sp³-hybridized carbons (Fsp3) is 0.350. The van der Waals surface area contributed by atoms with Crippen LogP contribution < -0.4 is 18.9 Å². The van der Waals surface area contributed by atoms with Crippen molar-refractivity contribution in [1.82, 2.24) is 0 Å². The summed E-state index contributed by atoms with van der Waals surface area (Å²) in [7, 11) is 4.62. The third-order valence-electron chi connectivity index (χ3n) is 4.44. The van der Waals surface area contributed by atoms with Gasteiger partial charge in [-0.15, -0.1) is 0 Å². The van der Waals surface area contributed by atoms with Crippen LogP contribution in [0.1, 0.15) is 30.3 Å². The Balaban J connectivity index is 2.06. The van der Waals surface area contributed by atoms with Gasteiger partial charge in [0, 0.05) is 24.1 Å². The first-order valence-corrected chi connectivity index (χ1v) is 8.40. The highest BCUT2D eigenvalue weighted by Gasteiger charge is 2.41. The van der Waals surface area contributed by atoms with Crippen LogP contribution in [-0.2, 0) is 9.53 Å². The first-order valence-electron chi connectivity index (χ1n) is 8.40. The molecule has 2 aromatic carbocycles. The Hall–Kier alpha value is -2.93. The molecule has 0 spiro atoms. The number of ether oxygens (including phenoxy) is 5. The van der Waals surface area contributed by atoms with Crippen LogP contribution >= 0.6 is 0 Å². The molecular formula is C20H22O7. The van der Waals surface area contributed by atoms with Crippen LogP contribution in [0.25, 0.3) is 0 Å². The van der Waals surface area contributed by atoms with Gasteiger partial charge in [0.05, 0.1) is 21.3 Å². The van der Waals surface area contributed by atoms with Gasteiger partial charge in [-0.25, -0.2) is 0 Å². The number of benzene rings is 2. The van der Waals surface area contributed by atoms with Crippen molar-refractivity contribution in [3.63, 3.8) is 0 Å². The van der Waals surface area contributed by atoms with Crippen molar-refractivity contribution in [2.75, 3.05) is 21.3 Å². The minimum atomic E-state index is -1.05. The fourth-order valence-corrected chi connectivity index (χ4v) is 3.14. The Bertz CT molecular complexity index is 833. The summed E-state index contributed by atoms with van der Waals surface area (Å²) in [6.07, 6.45) is -2.70. The first-order chi connectivity index (χ1) is 13.0. The van der Waals surface area contributed by atoms with Gasteiger partial charge in [-0.1, -0.05) is 6.07 Å². The zero-order valence-corrected chi connectivity index (χ0v) is 15.6. The van der Waals surface area contributed by atoms with Gasteiger partial charge in [0.15, 0.2) is 23.7 Å². The predicted molar refractivity (Wildman–Crippen MR) is 96.4 cm³/mol. The molecule has 7 heteroatoms. The Morgan fingerprint density at radius 3 is 2.37 bits per heavy atom. The molecule has 0 radical (unpaired) electrons. The van der Waals surface area contributed by atoms with Crippen molar-refractivity contribution in [3.05, 3.63) is 47.5 Å². The van der Waals surface area contributed by atoms with Gasteiger partial charge in [-0.2, -0.15) is 0 Å². The standard InChI is InChI=1S/C20H22O7/c1-11(21)26-20-18(22)14-7-6-13(23-2)10-16(14)27-19(20)12-5-8-15(24-3)17(9-12)25-4/h5-10,18-20,22H,1-4H3/t18-,19-,20+/m1/s1. The van der Waals surface area contributed by atoms with E-state index in [0.29, 0.717) is 34.1 Å². The summed E-state index contributed by atoms with van der Waals surface area (Å²) in [5.41, 5.74) is 1.20. The monoisotopic (exact) mass is 374 g/mol. The van der Waals surface area contributed by atoms with Crippen molar-refractivity contribution in [1.29, 1.82) is 0 Å². The summed E-state index contributed by atoms with van der Waals surface area (Å²) < 4.78 is 27.3. The van der Waals surface area contributed by atoms with Gasteiger partial charge in [0.25, 0.3) is 0 Å². The molecule has 7 nitrogen and oxygen atoms in total. The Labute approximate surface area is 157 Å². The van der Waals surface area contributed by atoms with Gasteiger partial charge < -0.3 is 28.8 Å². The van der Waals surface area contributed by atoms with E-state index in [1.807, 2.05) is 0 Å². The summed E-state index contributed by atoms with van der Waals surface area (Å²) in [6, 6.07) is 10.3. The van der Waals surface area contributed by atoms with E-state index in [9.17, 15) is 9.90 Å². The van der Waals surface area contributed by atoms with E-state index in [1.165, 1.54) is 14.0 Å². The minimum absolute atomic E-state index is 0.463. The highest BCUT2D eigenvalue weighted by Crippen LogP contribution is 2.45. The molecule has 27 heavy (non-hydrogen) atoms. The average molecular weight is 374 g/mol. The van der Waals surface area contributed by atoms with Crippen LogP contribution in [0.4, 0.5) is 0 Å². The number of carbonyl (C=O) groups is 1. The molecule has 1 aliphatic heterocycles. The number of hydrogen-bond acceptors (Lipinski definition) is 7. The summed E-state index contributed by atoms with van der Waals surface area (Å²) >= 11 is 0. The summed E-state index contributed by atoms with van der Waals surface area (Å²) in [4.78, 5) is 11.6. The Kier molecular flexibility index (Phi) is 5.41. The van der Waals surface area contributed by atoms with Gasteiger partial charge in [0.2, 0.25) is 0 Å². The quantitative estimate of drug-likeness (QED) is 0.806. The lowest BCUT2D eigenvalue weighted by molar-refractivity contribution is -0.164. The SMILES string of the molecule is COc1ccc2c(c1)O[C@H](c1ccc(OC)c(OC)c1)[C@@H](OC(C)=O)[C@@H]2O. The smallest absolute Gasteiger partial charge is 0.303 e. The number of methoxy groups -OCH3 is 3. The van der Waals surface area contributed by atoms with E-state index >= 15 is 0 Å². The number of carbonyl (C=O) groups excluding carboxylic acids is 1. The molecule has 0 fully saturated rings. The lowest BCUT2D eigenvalue weighted by Crippen LogP contribution is -2.37. The molecule has 0 unspecified atom stereocenters. The van der Waals surface area contributed by atoms with Crippen molar-refractivity contribution in [2.45, 2.75) is 25.2 Å². The molecule has 1 N–H and O–H groups in total. The van der Waals surface area contributed by atoms with E-state index in [2.05, 4.69) is 0 Å². The number of aliphatic hydroxyl groups is 1. The molecule has 0 bridgehead atoms. The second kappa shape index (κ2) is 7.75. The van der Waals surface area contributed by atoms with E-state index in [1.54, 1.807) is 50.6 Å². The van der Waals surface area contributed by atoms with Crippen LogP contribution in [0.5, 0.6) is 23.0 Å². The average Bonchev–Trinajstić information content (AvgIpc) is 2.68.